The third-order valence-electron chi connectivity index (χ3n) is 10.1. The highest BCUT2D eigenvalue weighted by molar-refractivity contribution is 7.93. The van der Waals surface area contributed by atoms with E-state index in [9.17, 15) is 30.7 Å². The SMILES string of the molecule is CC1(O)CC2CCC(C1)N2c1nc(-c2cccc(NS(=O)(=O)c3c(F)cccc3F)c2F)c(-c2ccnc(NC3CC4(C3)CS(=O)(=O)C4)n2)s1. The van der Waals surface area contributed by atoms with Crippen LogP contribution in [0.25, 0.3) is 21.8 Å². The first-order valence-corrected chi connectivity index (χ1v) is 20.3. The topological polar surface area (TPSA) is 154 Å². The van der Waals surface area contributed by atoms with Crippen LogP contribution in [-0.4, -0.2) is 72.1 Å². The lowest BCUT2D eigenvalue weighted by molar-refractivity contribution is 0.0199. The second kappa shape index (κ2) is 11.6. The second-order valence-corrected chi connectivity index (χ2v) is 18.9. The molecular formula is C33H33F3N6O5S3. The number of sulfonamides is 1. The lowest BCUT2D eigenvalue weighted by atomic mass is 9.67. The number of nitrogens with zero attached hydrogens (tertiary/aromatic N) is 4. The van der Waals surface area contributed by atoms with Crippen molar-refractivity contribution in [3.05, 3.63) is 66.1 Å². The smallest absolute Gasteiger partial charge is 0.267 e. The van der Waals surface area contributed by atoms with Gasteiger partial charge in [0.1, 0.15) is 11.6 Å². The summed E-state index contributed by atoms with van der Waals surface area (Å²) in [6.07, 6.45) is 5.71. The lowest BCUT2D eigenvalue weighted by Gasteiger charge is -2.53. The zero-order chi connectivity index (χ0) is 35.2. The van der Waals surface area contributed by atoms with Crippen molar-refractivity contribution < 1.29 is 35.1 Å². The zero-order valence-electron chi connectivity index (χ0n) is 26.7. The van der Waals surface area contributed by atoms with Crippen LogP contribution in [0.5, 0.6) is 0 Å². The number of thiazole rings is 1. The normalized spacial score (nSPS) is 25.3. The van der Waals surface area contributed by atoms with Crippen LogP contribution in [0.3, 0.4) is 0 Å². The van der Waals surface area contributed by atoms with Gasteiger partial charge in [0.25, 0.3) is 10.0 Å². The fourth-order valence-corrected chi connectivity index (χ4v) is 12.9. The second-order valence-electron chi connectivity index (χ2n) is 14.2. The molecule has 4 fully saturated rings. The number of aromatic nitrogens is 3. The molecular weight excluding hydrogens is 714 g/mol. The van der Waals surface area contributed by atoms with Gasteiger partial charge in [-0.1, -0.05) is 23.5 Å². The van der Waals surface area contributed by atoms with E-state index < -0.39 is 53.5 Å². The van der Waals surface area contributed by atoms with Crippen molar-refractivity contribution in [1.82, 2.24) is 15.0 Å². The van der Waals surface area contributed by atoms with E-state index in [1.165, 1.54) is 23.5 Å². The molecule has 2 unspecified atom stereocenters. The van der Waals surface area contributed by atoms with Gasteiger partial charge < -0.3 is 15.3 Å². The van der Waals surface area contributed by atoms with Crippen molar-refractivity contribution in [3.63, 3.8) is 0 Å². The molecule has 1 spiro atoms. The van der Waals surface area contributed by atoms with E-state index >= 15 is 4.39 Å². The summed E-state index contributed by atoms with van der Waals surface area (Å²) < 4.78 is 96.9. The molecule has 4 aromatic rings. The maximum Gasteiger partial charge on any atom is 0.267 e. The van der Waals surface area contributed by atoms with E-state index in [-0.39, 0.29) is 46.3 Å². The van der Waals surface area contributed by atoms with Crippen molar-refractivity contribution in [2.24, 2.45) is 5.41 Å². The van der Waals surface area contributed by atoms with Gasteiger partial charge in [0.2, 0.25) is 5.95 Å². The Bertz CT molecular complexity index is 2190. The summed E-state index contributed by atoms with van der Waals surface area (Å²) in [5.41, 5.74) is -0.984. The highest BCUT2D eigenvalue weighted by atomic mass is 32.2. The maximum atomic E-state index is 16.4. The molecule has 1 saturated carbocycles. The molecule has 0 amide bonds. The Morgan fingerprint density at radius 3 is 2.28 bits per heavy atom. The lowest BCUT2D eigenvalue weighted by Crippen LogP contribution is -2.60. The number of rotatable bonds is 8. The first kappa shape index (κ1) is 33.3. The number of halogens is 3. The quantitative estimate of drug-likeness (QED) is 0.215. The van der Waals surface area contributed by atoms with Crippen molar-refractivity contribution in [3.8, 4) is 21.8 Å². The van der Waals surface area contributed by atoms with E-state index in [2.05, 4.69) is 15.2 Å². The van der Waals surface area contributed by atoms with Gasteiger partial charge in [-0.15, -0.1) is 0 Å². The summed E-state index contributed by atoms with van der Waals surface area (Å²) in [5.74, 6) is -2.95. The highest BCUT2D eigenvalue weighted by Gasteiger charge is 2.56. The van der Waals surface area contributed by atoms with E-state index in [1.807, 2.05) is 11.6 Å². The predicted molar refractivity (Wildman–Crippen MR) is 183 cm³/mol. The number of piperidine rings is 1. The van der Waals surface area contributed by atoms with E-state index in [0.717, 1.165) is 37.1 Å². The minimum atomic E-state index is -4.87. The molecule has 1 aliphatic carbocycles. The summed E-state index contributed by atoms with van der Waals surface area (Å²) in [5, 5.41) is 14.8. The van der Waals surface area contributed by atoms with Gasteiger partial charge in [-0.05, 0) is 75.8 Å². The zero-order valence-corrected chi connectivity index (χ0v) is 29.2. The third-order valence-corrected chi connectivity index (χ3v) is 14.7. The standard InChI is InChI=1S/C33H33F3N6O5S3/c1-32(43)14-19-8-9-20(15-32)42(19)31-40-27(21-4-2-7-24(26(21)36)41-50(46,47)29-22(34)5-3-6-23(29)35)28(48-31)25-10-11-37-30(39-25)38-18-12-33(13-18)16-49(44,45)17-33/h2-7,10-11,18-20,41,43H,8-9,12-17H2,1H3,(H,37,38,39). The average Bonchev–Trinajstić information content (AvgIpc) is 3.55. The molecule has 3 N–H and O–H groups in total. The Labute approximate surface area is 291 Å². The largest absolute Gasteiger partial charge is 0.390 e. The Morgan fingerprint density at radius 1 is 0.960 bits per heavy atom. The molecule has 17 heteroatoms. The average molecular weight is 747 g/mol. The Hall–Kier alpha value is -3.80. The summed E-state index contributed by atoms with van der Waals surface area (Å²) in [6, 6.07) is 8.31. The summed E-state index contributed by atoms with van der Waals surface area (Å²) in [4.78, 5) is 15.4. The number of sulfone groups is 1. The molecule has 5 heterocycles. The minimum Gasteiger partial charge on any atom is -0.390 e. The Morgan fingerprint density at radius 2 is 1.62 bits per heavy atom. The van der Waals surface area contributed by atoms with Crippen molar-refractivity contribution in [1.29, 1.82) is 0 Å². The summed E-state index contributed by atoms with van der Waals surface area (Å²) in [6.45, 7) is 1.83. The van der Waals surface area contributed by atoms with Gasteiger partial charge in [0, 0.05) is 35.3 Å². The van der Waals surface area contributed by atoms with Gasteiger partial charge in [0.15, 0.2) is 25.7 Å². The Balaban J connectivity index is 1.16. The van der Waals surface area contributed by atoms with Crippen LogP contribution in [0.1, 0.15) is 45.4 Å². The summed E-state index contributed by atoms with van der Waals surface area (Å²) in [7, 11) is -7.82. The first-order valence-electron chi connectivity index (χ1n) is 16.2. The predicted octanol–water partition coefficient (Wildman–Crippen LogP) is 5.36. The minimum absolute atomic E-state index is 0.00422. The summed E-state index contributed by atoms with van der Waals surface area (Å²) >= 11 is 1.29. The fraction of sp³-hybridized carbons (Fsp3) is 0.424. The Kier molecular flexibility index (Phi) is 7.75. The molecule has 2 aromatic heterocycles. The molecule has 2 aromatic carbocycles. The number of aliphatic hydroxyl groups is 1. The van der Waals surface area contributed by atoms with Crippen molar-refractivity contribution in [2.75, 3.05) is 26.4 Å². The van der Waals surface area contributed by atoms with Crippen LogP contribution in [0, 0.1) is 22.9 Å². The number of hydrogen-bond donors (Lipinski definition) is 3. The van der Waals surface area contributed by atoms with Crippen LogP contribution in [-0.2, 0) is 19.9 Å². The van der Waals surface area contributed by atoms with Gasteiger partial charge in [-0.3, -0.25) is 4.72 Å². The molecule has 0 radical (unpaired) electrons. The molecule has 50 heavy (non-hydrogen) atoms. The van der Waals surface area contributed by atoms with Gasteiger partial charge in [0.05, 0.1) is 39.1 Å². The van der Waals surface area contributed by atoms with Gasteiger partial charge >= 0.3 is 0 Å². The number of fused-ring (bicyclic) bond motifs is 2. The van der Waals surface area contributed by atoms with Gasteiger partial charge in [-0.2, -0.15) is 0 Å². The van der Waals surface area contributed by atoms with Gasteiger partial charge in [-0.25, -0.2) is 45.0 Å². The maximum absolute atomic E-state index is 16.4. The molecule has 11 nitrogen and oxygen atoms in total. The molecule has 2 bridgehead atoms. The van der Waals surface area contributed by atoms with Crippen LogP contribution < -0.4 is 14.9 Å². The number of nitrogens with one attached hydrogen (secondary N) is 2. The third kappa shape index (κ3) is 5.90. The number of anilines is 3. The molecule has 4 aliphatic rings. The molecule has 264 valence electrons. The van der Waals surface area contributed by atoms with Crippen molar-refractivity contribution >= 4 is 48.0 Å². The van der Waals surface area contributed by atoms with Crippen LogP contribution in [0.2, 0.25) is 0 Å². The number of benzene rings is 2. The first-order chi connectivity index (χ1) is 23.6. The van der Waals surface area contributed by atoms with E-state index in [1.54, 1.807) is 12.3 Å². The number of hydrogen-bond acceptors (Lipinski definition) is 11. The molecule has 8 rings (SSSR count). The highest BCUT2D eigenvalue weighted by Crippen LogP contribution is 2.51. The molecule has 2 atom stereocenters. The fourth-order valence-electron chi connectivity index (χ4n) is 8.23. The monoisotopic (exact) mass is 746 g/mol. The van der Waals surface area contributed by atoms with Crippen LogP contribution in [0.15, 0.2) is 53.6 Å². The molecule has 3 saturated heterocycles. The van der Waals surface area contributed by atoms with E-state index in [0.29, 0.717) is 47.3 Å². The van der Waals surface area contributed by atoms with E-state index in [4.69, 9.17) is 9.97 Å². The van der Waals surface area contributed by atoms with Crippen LogP contribution >= 0.6 is 11.3 Å². The molecule has 3 aliphatic heterocycles. The van der Waals surface area contributed by atoms with Crippen molar-refractivity contribution in [2.45, 2.75) is 74.1 Å². The van der Waals surface area contributed by atoms with Crippen LogP contribution in [0.4, 0.5) is 29.9 Å².